The predicted octanol–water partition coefficient (Wildman–Crippen LogP) is 1.93. The van der Waals surface area contributed by atoms with Gasteiger partial charge in [0.1, 0.15) is 0 Å². The second-order valence-electron chi connectivity index (χ2n) is 4.86. The molecule has 0 spiro atoms. The standard InChI is InChI=1S/C13H24N2O/c1-11(5-8-14)3-4-13(16)15-9-6-12(2)7-10-15/h6,11H,3-5,7-10,14H2,1-2H3. The summed E-state index contributed by atoms with van der Waals surface area (Å²) in [4.78, 5) is 13.8. The quantitative estimate of drug-likeness (QED) is 0.725. The first-order chi connectivity index (χ1) is 7.63. The summed E-state index contributed by atoms with van der Waals surface area (Å²) in [6.45, 7) is 6.72. The lowest BCUT2D eigenvalue weighted by molar-refractivity contribution is -0.131. The minimum atomic E-state index is 0.299. The number of amides is 1. The van der Waals surface area contributed by atoms with Gasteiger partial charge in [-0.1, -0.05) is 18.6 Å². The van der Waals surface area contributed by atoms with E-state index in [0.717, 1.165) is 38.9 Å². The lowest BCUT2D eigenvalue weighted by atomic mass is 10.0. The Bertz CT molecular complexity index is 261. The molecule has 1 unspecified atom stereocenters. The van der Waals surface area contributed by atoms with Crippen LogP contribution in [0.3, 0.4) is 0 Å². The van der Waals surface area contributed by atoms with E-state index in [1.165, 1.54) is 5.57 Å². The average molecular weight is 224 g/mol. The first-order valence-electron chi connectivity index (χ1n) is 6.27. The number of hydrogen-bond donors (Lipinski definition) is 1. The van der Waals surface area contributed by atoms with Gasteiger partial charge in [0.25, 0.3) is 0 Å². The molecule has 1 atom stereocenters. The van der Waals surface area contributed by atoms with Crippen LogP contribution >= 0.6 is 0 Å². The van der Waals surface area contributed by atoms with Crippen molar-refractivity contribution in [2.75, 3.05) is 19.6 Å². The Morgan fingerprint density at radius 1 is 1.56 bits per heavy atom. The zero-order valence-electron chi connectivity index (χ0n) is 10.5. The SMILES string of the molecule is CC1=CCN(C(=O)CCC(C)CCN)CC1. The lowest BCUT2D eigenvalue weighted by Crippen LogP contribution is -2.34. The van der Waals surface area contributed by atoms with Gasteiger partial charge in [-0.25, -0.2) is 0 Å². The van der Waals surface area contributed by atoms with Gasteiger partial charge in [-0.05, 0) is 38.6 Å². The maximum Gasteiger partial charge on any atom is 0.222 e. The minimum absolute atomic E-state index is 0.299. The molecule has 0 fully saturated rings. The van der Waals surface area contributed by atoms with Gasteiger partial charge in [-0.15, -0.1) is 0 Å². The fourth-order valence-corrected chi connectivity index (χ4v) is 1.95. The van der Waals surface area contributed by atoms with Crippen LogP contribution in [-0.2, 0) is 4.79 Å². The second kappa shape index (κ2) is 6.69. The maximum atomic E-state index is 11.9. The van der Waals surface area contributed by atoms with Crippen molar-refractivity contribution < 1.29 is 4.79 Å². The van der Waals surface area contributed by atoms with E-state index in [1.54, 1.807) is 0 Å². The van der Waals surface area contributed by atoms with Crippen molar-refractivity contribution in [2.45, 2.75) is 39.5 Å². The average Bonchev–Trinajstić information content (AvgIpc) is 2.27. The number of nitrogens with zero attached hydrogens (tertiary/aromatic N) is 1. The van der Waals surface area contributed by atoms with E-state index in [-0.39, 0.29) is 0 Å². The fourth-order valence-electron chi connectivity index (χ4n) is 1.95. The Labute approximate surface area is 98.7 Å². The highest BCUT2D eigenvalue weighted by molar-refractivity contribution is 5.76. The number of hydrogen-bond acceptors (Lipinski definition) is 2. The predicted molar refractivity (Wildman–Crippen MR) is 67.0 cm³/mol. The summed E-state index contributed by atoms with van der Waals surface area (Å²) in [6, 6.07) is 0. The molecule has 1 aliphatic rings. The molecule has 1 amide bonds. The van der Waals surface area contributed by atoms with Crippen LogP contribution in [-0.4, -0.2) is 30.4 Å². The Balaban J connectivity index is 2.25. The van der Waals surface area contributed by atoms with E-state index in [2.05, 4.69) is 19.9 Å². The molecule has 0 bridgehead atoms. The molecule has 1 rings (SSSR count). The number of carbonyl (C=O) groups is 1. The number of carbonyl (C=O) groups excluding carboxylic acids is 1. The Morgan fingerprint density at radius 2 is 2.31 bits per heavy atom. The molecule has 1 heterocycles. The monoisotopic (exact) mass is 224 g/mol. The molecule has 2 N–H and O–H groups in total. The Hall–Kier alpha value is -0.830. The third kappa shape index (κ3) is 4.35. The molecule has 0 aromatic rings. The first kappa shape index (κ1) is 13.2. The summed E-state index contributed by atoms with van der Waals surface area (Å²) in [5, 5.41) is 0. The molecule has 0 saturated carbocycles. The molecular formula is C13H24N2O. The molecular weight excluding hydrogens is 200 g/mol. The van der Waals surface area contributed by atoms with E-state index in [9.17, 15) is 4.79 Å². The van der Waals surface area contributed by atoms with Crippen molar-refractivity contribution in [3.05, 3.63) is 11.6 Å². The highest BCUT2D eigenvalue weighted by Gasteiger charge is 2.16. The van der Waals surface area contributed by atoms with Gasteiger partial charge in [-0.2, -0.15) is 0 Å². The first-order valence-corrected chi connectivity index (χ1v) is 6.27. The summed E-state index contributed by atoms with van der Waals surface area (Å²) in [5.41, 5.74) is 6.89. The molecule has 0 aliphatic carbocycles. The second-order valence-corrected chi connectivity index (χ2v) is 4.86. The third-order valence-corrected chi connectivity index (χ3v) is 3.30. The van der Waals surface area contributed by atoms with Crippen LogP contribution in [0.15, 0.2) is 11.6 Å². The van der Waals surface area contributed by atoms with Crippen LogP contribution < -0.4 is 5.73 Å². The number of rotatable bonds is 5. The Kier molecular flexibility index (Phi) is 5.53. The van der Waals surface area contributed by atoms with Crippen LogP contribution in [0.2, 0.25) is 0 Å². The number of nitrogens with two attached hydrogens (primary N) is 1. The van der Waals surface area contributed by atoms with Crippen LogP contribution in [0, 0.1) is 5.92 Å². The minimum Gasteiger partial charge on any atom is -0.339 e. The van der Waals surface area contributed by atoms with Crippen LogP contribution in [0.5, 0.6) is 0 Å². The third-order valence-electron chi connectivity index (χ3n) is 3.30. The summed E-state index contributed by atoms with van der Waals surface area (Å²) in [6.07, 6.45) is 5.85. The van der Waals surface area contributed by atoms with Gasteiger partial charge in [0, 0.05) is 19.5 Å². The summed E-state index contributed by atoms with van der Waals surface area (Å²) < 4.78 is 0. The van der Waals surface area contributed by atoms with Crippen molar-refractivity contribution in [3.63, 3.8) is 0 Å². The maximum absolute atomic E-state index is 11.9. The summed E-state index contributed by atoms with van der Waals surface area (Å²) in [7, 11) is 0. The largest absolute Gasteiger partial charge is 0.339 e. The molecule has 0 radical (unpaired) electrons. The highest BCUT2D eigenvalue weighted by Crippen LogP contribution is 2.14. The smallest absolute Gasteiger partial charge is 0.222 e. The zero-order chi connectivity index (χ0) is 12.0. The highest BCUT2D eigenvalue weighted by atomic mass is 16.2. The van der Waals surface area contributed by atoms with Gasteiger partial charge in [0.05, 0.1) is 0 Å². The van der Waals surface area contributed by atoms with Crippen molar-refractivity contribution >= 4 is 5.91 Å². The summed E-state index contributed by atoms with van der Waals surface area (Å²) in [5.74, 6) is 0.864. The lowest BCUT2D eigenvalue weighted by Gasteiger charge is -2.26. The van der Waals surface area contributed by atoms with Crippen molar-refractivity contribution in [1.29, 1.82) is 0 Å². The van der Waals surface area contributed by atoms with Crippen molar-refractivity contribution in [2.24, 2.45) is 11.7 Å². The summed E-state index contributed by atoms with van der Waals surface area (Å²) >= 11 is 0. The molecule has 0 aromatic carbocycles. The Morgan fingerprint density at radius 3 is 2.88 bits per heavy atom. The zero-order valence-corrected chi connectivity index (χ0v) is 10.5. The van der Waals surface area contributed by atoms with E-state index in [1.807, 2.05) is 4.90 Å². The molecule has 1 aliphatic heterocycles. The topological polar surface area (TPSA) is 46.3 Å². The van der Waals surface area contributed by atoms with Crippen LogP contribution in [0.4, 0.5) is 0 Å². The molecule has 0 aromatic heterocycles. The van der Waals surface area contributed by atoms with Crippen molar-refractivity contribution in [3.8, 4) is 0 Å². The van der Waals surface area contributed by atoms with Gasteiger partial charge >= 0.3 is 0 Å². The van der Waals surface area contributed by atoms with E-state index in [0.29, 0.717) is 18.2 Å². The van der Waals surface area contributed by atoms with Crippen LogP contribution in [0.1, 0.15) is 39.5 Å². The van der Waals surface area contributed by atoms with E-state index >= 15 is 0 Å². The van der Waals surface area contributed by atoms with E-state index in [4.69, 9.17) is 5.73 Å². The van der Waals surface area contributed by atoms with Crippen LogP contribution in [0.25, 0.3) is 0 Å². The molecule has 16 heavy (non-hydrogen) atoms. The van der Waals surface area contributed by atoms with Gasteiger partial charge < -0.3 is 10.6 Å². The molecule has 92 valence electrons. The van der Waals surface area contributed by atoms with E-state index < -0.39 is 0 Å². The van der Waals surface area contributed by atoms with Gasteiger partial charge in [-0.3, -0.25) is 4.79 Å². The van der Waals surface area contributed by atoms with Crippen molar-refractivity contribution in [1.82, 2.24) is 4.90 Å². The molecule has 3 nitrogen and oxygen atoms in total. The fraction of sp³-hybridized carbons (Fsp3) is 0.769. The van der Waals surface area contributed by atoms with Gasteiger partial charge in [0.2, 0.25) is 5.91 Å². The molecule has 3 heteroatoms. The normalized spacial score (nSPS) is 18.2. The van der Waals surface area contributed by atoms with Gasteiger partial charge in [0.15, 0.2) is 0 Å². The molecule has 0 saturated heterocycles.